The molecule has 20 heavy (non-hydrogen) atoms. The summed E-state index contributed by atoms with van der Waals surface area (Å²) < 4.78 is 5.58. The summed E-state index contributed by atoms with van der Waals surface area (Å²) in [5.41, 5.74) is 0. The van der Waals surface area contributed by atoms with Gasteiger partial charge in [0.2, 0.25) is 0 Å². The number of fused-ring (bicyclic) bond motifs is 1. The summed E-state index contributed by atoms with van der Waals surface area (Å²) in [4.78, 5) is 5.46. The van der Waals surface area contributed by atoms with Gasteiger partial charge in [-0.05, 0) is 39.8 Å². The molecule has 0 aromatic rings. The molecule has 4 unspecified atom stereocenters. The molecule has 0 aliphatic carbocycles. The number of rotatable bonds is 4. The second-order valence-corrected chi connectivity index (χ2v) is 6.97. The number of ether oxygens (including phenoxy) is 1. The highest BCUT2D eigenvalue weighted by atomic mass is 16.5. The van der Waals surface area contributed by atoms with Crippen LogP contribution in [0.5, 0.6) is 0 Å². The Morgan fingerprint density at radius 2 is 2.15 bits per heavy atom. The summed E-state index contributed by atoms with van der Waals surface area (Å²) >= 11 is 0. The molecule has 0 bridgehead atoms. The predicted octanol–water partition coefficient (Wildman–Crippen LogP) is 1.17. The third-order valence-electron chi connectivity index (χ3n) is 5.65. The Morgan fingerprint density at radius 3 is 2.90 bits per heavy atom. The SMILES string of the molecule is CNC(CN1CC2CCCCN2CC1C)C1CCOC1. The van der Waals surface area contributed by atoms with Crippen LogP contribution in [0, 0.1) is 5.92 Å². The number of piperidine rings is 1. The van der Waals surface area contributed by atoms with Gasteiger partial charge in [0.05, 0.1) is 6.61 Å². The van der Waals surface area contributed by atoms with Gasteiger partial charge in [0, 0.05) is 50.3 Å². The number of likely N-dealkylation sites (N-methyl/N-ethyl adjacent to an activating group) is 1. The molecule has 0 aromatic carbocycles. The Balaban J connectivity index is 1.57. The Morgan fingerprint density at radius 1 is 1.25 bits per heavy atom. The first kappa shape index (κ1) is 14.8. The van der Waals surface area contributed by atoms with Gasteiger partial charge in [0.1, 0.15) is 0 Å². The van der Waals surface area contributed by atoms with Crippen molar-refractivity contribution in [1.82, 2.24) is 15.1 Å². The third kappa shape index (κ3) is 3.19. The summed E-state index contributed by atoms with van der Waals surface area (Å²) in [5, 5.41) is 3.55. The predicted molar refractivity (Wildman–Crippen MR) is 82.0 cm³/mol. The molecule has 3 rings (SSSR count). The van der Waals surface area contributed by atoms with Crippen molar-refractivity contribution in [3.63, 3.8) is 0 Å². The molecule has 0 saturated carbocycles. The summed E-state index contributed by atoms with van der Waals surface area (Å²) in [6.45, 7) is 9.36. The van der Waals surface area contributed by atoms with Crippen LogP contribution in [0.1, 0.15) is 32.6 Å². The normalized spacial score (nSPS) is 37.8. The van der Waals surface area contributed by atoms with Crippen molar-refractivity contribution < 1.29 is 4.74 Å². The second-order valence-electron chi connectivity index (χ2n) is 6.97. The van der Waals surface area contributed by atoms with Gasteiger partial charge >= 0.3 is 0 Å². The van der Waals surface area contributed by atoms with E-state index < -0.39 is 0 Å². The van der Waals surface area contributed by atoms with E-state index in [1.807, 2.05) is 0 Å². The van der Waals surface area contributed by atoms with Gasteiger partial charge in [0.25, 0.3) is 0 Å². The fourth-order valence-corrected chi connectivity index (χ4v) is 4.27. The lowest BCUT2D eigenvalue weighted by atomic mass is 9.94. The molecular formula is C16H31N3O. The molecular weight excluding hydrogens is 250 g/mol. The number of hydrogen-bond acceptors (Lipinski definition) is 4. The van der Waals surface area contributed by atoms with Crippen molar-refractivity contribution >= 4 is 0 Å². The van der Waals surface area contributed by atoms with Gasteiger partial charge in [-0.1, -0.05) is 6.42 Å². The minimum absolute atomic E-state index is 0.593. The number of nitrogens with one attached hydrogen (secondary N) is 1. The summed E-state index contributed by atoms with van der Waals surface area (Å²) in [7, 11) is 2.12. The van der Waals surface area contributed by atoms with Crippen LogP contribution in [-0.2, 0) is 4.74 Å². The summed E-state index contributed by atoms with van der Waals surface area (Å²) in [6.07, 6.45) is 5.46. The lowest BCUT2D eigenvalue weighted by molar-refractivity contribution is 0.00743. The Kier molecular flexibility index (Phi) is 4.97. The first-order valence-corrected chi connectivity index (χ1v) is 8.51. The maximum atomic E-state index is 5.58. The zero-order chi connectivity index (χ0) is 13.9. The standard InChI is InChI=1S/C16H31N3O/c1-13-9-18-7-4-3-5-15(18)10-19(13)11-16(17-2)14-6-8-20-12-14/h13-17H,3-12H2,1-2H3. The molecule has 3 saturated heterocycles. The quantitative estimate of drug-likeness (QED) is 0.837. The highest BCUT2D eigenvalue weighted by molar-refractivity contribution is 4.92. The van der Waals surface area contributed by atoms with E-state index in [1.165, 1.54) is 51.9 Å². The molecule has 0 radical (unpaired) electrons. The zero-order valence-electron chi connectivity index (χ0n) is 13.2. The first-order valence-electron chi connectivity index (χ1n) is 8.51. The number of piperazine rings is 1. The van der Waals surface area contributed by atoms with E-state index in [-0.39, 0.29) is 0 Å². The number of nitrogens with zero attached hydrogens (tertiary/aromatic N) is 2. The van der Waals surface area contributed by atoms with Crippen molar-refractivity contribution in [3.05, 3.63) is 0 Å². The summed E-state index contributed by atoms with van der Waals surface area (Å²) in [6, 6.07) is 2.11. The topological polar surface area (TPSA) is 27.7 Å². The van der Waals surface area contributed by atoms with Crippen molar-refractivity contribution in [3.8, 4) is 0 Å². The van der Waals surface area contributed by atoms with Gasteiger partial charge in [-0.15, -0.1) is 0 Å². The molecule has 3 aliphatic heterocycles. The van der Waals surface area contributed by atoms with Crippen molar-refractivity contribution in [2.24, 2.45) is 5.92 Å². The second kappa shape index (κ2) is 6.73. The fourth-order valence-electron chi connectivity index (χ4n) is 4.27. The van der Waals surface area contributed by atoms with E-state index in [9.17, 15) is 0 Å². The average Bonchev–Trinajstić information content (AvgIpc) is 2.99. The van der Waals surface area contributed by atoms with Gasteiger partial charge in [0.15, 0.2) is 0 Å². The molecule has 3 fully saturated rings. The maximum absolute atomic E-state index is 5.58. The van der Waals surface area contributed by atoms with Crippen LogP contribution in [0.15, 0.2) is 0 Å². The van der Waals surface area contributed by atoms with Gasteiger partial charge in [-0.2, -0.15) is 0 Å². The largest absolute Gasteiger partial charge is 0.381 e. The first-order chi connectivity index (χ1) is 9.78. The van der Waals surface area contributed by atoms with Crippen LogP contribution in [-0.4, -0.2) is 74.4 Å². The minimum atomic E-state index is 0.593. The van der Waals surface area contributed by atoms with Crippen LogP contribution >= 0.6 is 0 Å². The lowest BCUT2D eigenvalue weighted by Crippen LogP contribution is -2.61. The van der Waals surface area contributed by atoms with E-state index in [0.29, 0.717) is 18.0 Å². The van der Waals surface area contributed by atoms with Gasteiger partial charge in [-0.3, -0.25) is 9.80 Å². The van der Waals surface area contributed by atoms with Crippen LogP contribution in [0.2, 0.25) is 0 Å². The maximum Gasteiger partial charge on any atom is 0.0510 e. The molecule has 3 heterocycles. The lowest BCUT2D eigenvalue weighted by Gasteiger charge is -2.48. The van der Waals surface area contributed by atoms with Crippen molar-refractivity contribution in [1.29, 1.82) is 0 Å². The molecule has 0 amide bonds. The molecule has 0 spiro atoms. The van der Waals surface area contributed by atoms with Crippen LogP contribution in [0.4, 0.5) is 0 Å². The van der Waals surface area contributed by atoms with E-state index in [2.05, 4.69) is 29.1 Å². The molecule has 4 atom stereocenters. The molecule has 3 aliphatic rings. The molecule has 4 heteroatoms. The Labute approximate surface area is 123 Å². The highest BCUT2D eigenvalue weighted by Gasteiger charge is 2.35. The molecule has 4 nitrogen and oxygen atoms in total. The van der Waals surface area contributed by atoms with Crippen molar-refractivity contribution in [2.45, 2.75) is 50.7 Å². The van der Waals surface area contributed by atoms with Crippen LogP contribution < -0.4 is 5.32 Å². The van der Waals surface area contributed by atoms with Crippen LogP contribution in [0.25, 0.3) is 0 Å². The molecule has 0 aromatic heterocycles. The van der Waals surface area contributed by atoms with E-state index in [1.54, 1.807) is 0 Å². The molecule has 116 valence electrons. The minimum Gasteiger partial charge on any atom is -0.381 e. The fraction of sp³-hybridized carbons (Fsp3) is 1.00. The van der Waals surface area contributed by atoms with Gasteiger partial charge in [-0.25, -0.2) is 0 Å². The zero-order valence-corrected chi connectivity index (χ0v) is 13.2. The van der Waals surface area contributed by atoms with E-state index in [4.69, 9.17) is 4.74 Å². The van der Waals surface area contributed by atoms with Gasteiger partial charge < -0.3 is 10.1 Å². The van der Waals surface area contributed by atoms with E-state index in [0.717, 1.165) is 19.3 Å². The summed E-state index contributed by atoms with van der Waals surface area (Å²) in [5.74, 6) is 0.705. The third-order valence-corrected chi connectivity index (χ3v) is 5.65. The number of hydrogen-bond donors (Lipinski definition) is 1. The van der Waals surface area contributed by atoms with Crippen LogP contribution in [0.3, 0.4) is 0 Å². The Bertz CT molecular complexity index is 306. The highest BCUT2D eigenvalue weighted by Crippen LogP contribution is 2.25. The monoisotopic (exact) mass is 281 g/mol. The van der Waals surface area contributed by atoms with Crippen molar-refractivity contribution in [2.75, 3.05) is 46.4 Å². The smallest absolute Gasteiger partial charge is 0.0510 e. The Hall–Kier alpha value is -0.160. The average molecular weight is 281 g/mol. The van der Waals surface area contributed by atoms with E-state index >= 15 is 0 Å². The molecule has 1 N–H and O–H groups in total.